The molecule has 3 aliphatic rings. The summed E-state index contributed by atoms with van der Waals surface area (Å²) in [6.07, 6.45) is 3.30. The molecule has 2 aromatic rings. The molecule has 0 radical (unpaired) electrons. The minimum Gasteiger partial charge on any atom is -0.488 e. The molecule has 1 heterocycles. The first kappa shape index (κ1) is 25.4. The lowest BCUT2D eigenvalue weighted by molar-refractivity contribution is -0.137. The van der Waals surface area contributed by atoms with Crippen LogP contribution in [0.25, 0.3) is 0 Å². The number of carbonyl (C=O) groups excluding carboxylic acids is 2. The second-order valence-electron chi connectivity index (χ2n) is 9.56. The van der Waals surface area contributed by atoms with E-state index in [9.17, 15) is 23.9 Å². The molecule has 0 saturated carbocycles. The molecule has 0 atom stereocenters. The SMILES string of the molecule is O=C(O)CCN1C2=C(C(=O)CCC2)C(c2cc(Br)ccc2OCc2ccccc2F)C2=C1CCCC2=O. The molecular weight excluding hydrogens is 541 g/mol. The van der Waals surface area contributed by atoms with Crippen molar-refractivity contribution in [3.63, 3.8) is 0 Å². The van der Waals surface area contributed by atoms with E-state index in [2.05, 4.69) is 15.9 Å². The van der Waals surface area contributed by atoms with Crippen LogP contribution < -0.4 is 4.74 Å². The molecule has 0 spiro atoms. The number of nitrogens with zero attached hydrogens (tertiary/aromatic N) is 1. The van der Waals surface area contributed by atoms with Gasteiger partial charge in [0.25, 0.3) is 0 Å². The lowest BCUT2D eigenvalue weighted by Crippen LogP contribution is -2.40. The number of allylic oxidation sites excluding steroid dienone is 4. The highest BCUT2D eigenvalue weighted by atomic mass is 79.9. The molecule has 8 heteroatoms. The number of carboxylic acid groups (broad SMARTS) is 1. The van der Waals surface area contributed by atoms with Crippen molar-refractivity contribution in [3.8, 4) is 5.75 Å². The van der Waals surface area contributed by atoms with Crippen LogP contribution >= 0.6 is 15.9 Å². The van der Waals surface area contributed by atoms with Gasteiger partial charge >= 0.3 is 5.97 Å². The van der Waals surface area contributed by atoms with Crippen molar-refractivity contribution in [2.24, 2.45) is 0 Å². The molecular formula is C29H27BrFNO5. The molecule has 37 heavy (non-hydrogen) atoms. The summed E-state index contributed by atoms with van der Waals surface area (Å²) >= 11 is 3.54. The van der Waals surface area contributed by atoms with Crippen LogP contribution in [0.3, 0.4) is 0 Å². The molecule has 192 valence electrons. The maximum Gasteiger partial charge on any atom is 0.305 e. The van der Waals surface area contributed by atoms with E-state index in [0.717, 1.165) is 15.9 Å². The van der Waals surface area contributed by atoms with Crippen LogP contribution in [0.1, 0.15) is 62.0 Å². The lowest BCUT2D eigenvalue weighted by Gasteiger charge is -2.44. The molecule has 0 fully saturated rings. The van der Waals surface area contributed by atoms with E-state index in [1.165, 1.54) is 6.07 Å². The first-order chi connectivity index (χ1) is 17.8. The van der Waals surface area contributed by atoms with Crippen LogP contribution in [0.5, 0.6) is 5.75 Å². The lowest BCUT2D eigenvalue weighted by atomic mass is 9.70. The predicted octanol–water partition coefficient (Wildman–Crippen LogP) is 6.06. The molecule has 0 unspecified atom stereocenters. The maximum absolute atomic E-state index is 14.3. The zero-order valence-electron chi connectivity index (χ0n) is 20.3. The zero-order valence-corrected chi connectivity index (χ0v) is 21.9. The Balaban J connectivity index is 1.64. The van der Waals surface area contributed by atoms with Gasteiger partial charge in [0.2, 0.25) is 0 Å². The van der Waals surface area contributed by atoms with Crippen molar-refractivity contribution in [2.45, 2.75) is 57.5 Å². The first-order valence-corrected chi connectivity index (χ1v) is 13.3. The summed E-state index contributed by atoms with van der Waals surface area (Å²) in [5.41, 5.74) is 3.82. The van der Waals surface area contributed by atoms with Crippen LogP contribution in [-0.4, -0.2) is 34.1 Å². The molecule has 2 aromatic carbocycles. The molecule has 0 aromatic heterocycles. The molecule has 6 nitrogen and oxygen atoms in total. The van der Waals surface area contributed by atoms with Gasteiger partial charge in [-0.1, -0.05) is 34.1 Å². The van der Waals surface area contributed by atoms with Gasteiger partial charge in [0.1, 0.15) is 18.2 Å². The molecule has 2 aliphatic carbocycles. The van der Waals surface area contributed by atoms with Crippen LogP contribution in [0, 0.1) is 5.82 Å². The van der Waals surface area contributed by atoms with Crippen molar-refractivity contribution in [3.05, 3.63) is 86.4 Å². The van der Waals surface area contributed by atoms with Crippen LogP contribution in [0.15, 0.2) is 69.5 Å². The molecule has 1 N–H and O–H groups in total. The number of carbonyl (C=O) groups is 3. The number of carboxylic acids is 1. The fourth-order valence-corrected chi connectivity index (χ4v) is 6.03. The van der Waals surface area contributed by atoms with E-state index < -0.39 is 11.9 Å². The highest BCUT2D eigenvalue weighted by Gasteiger charge is 2.44. The highest BCUT2D eigenvalue weighted by Crippen LogP contribution is 2.51. The molecule has 5 rings (SSSR count). The molecule has 1 aliphatic heterocycles. The Morgan fingerprint density at radius 1 is 1.00 bits per heavy atom. The van der Waals surface area contributed by atoms with Gasteiger partial charge < -0.3 is 14.7 Å². The van der Waals surface area contributed by atoms with Gasteiger partial charge in [-0.2, -0.15) is 0 Å². The third kappa shape index (κ3) is 4.99. The van der Waals surface area contributed by atoms with Gasteiger partial charge in [-0.05, 0) is 49.9 Å². The summed E-state index contributed by atoms with van der Waals surface area (Å²) < 4.78 is 21.2. The van der Waals surface area contributed by atoms with Crippen molar-refractivity contribution in [1.82, 2.24) is 4.90 Å². The zero-order chi connectivity index (χ0) is 26.1. The number of aliphatic carboxylic acids is 1. The number of rotatable bonds is 7. The Labute approximate surface area is 222 Å². The summed E-state index contributed by atoms with van der Waals surface area (Å²) in [6.45, 7) is 0.216. The molecule has 0 amide bonds. The summed E-state index contributed by atoms with van der Waals surface area (Å²) in [4.78, 5) is 40.3. The van der Waals surface area contributed by atoms with E-state index >= 15 is 0 Å². The Kier molecular flexibility index (Phi) is 7.29. The Bertz CT molecular complexity index is 1300. The highest BCUT2D eigenvalue weighted by molar-refractivity contribution is 9.10. The van der Waals surface area contributed by atoms with Crippen molar-refractivity contribution >= 4 is 33.5 Å². The quantitative estimate of drug-likeness (QED) is 0.438. The number of ether oxygens (including phenoxy) is 1. The monoisotopic (exact) mass is 567 g/mol. The van der Waals surface area contributed by atoms with E-state index in [4.69, 9.17) is 4.74 Å². The normalized spacial score (nSPS) is 18.2. The van der Waals surface area contributed by atoms with Gasteiger partial charge in [-0.15, -0.1) is 0 Å². The topological polar surface area (TPSA) is 83.9 Å². The Hall–Kier alpha value is -3.26. The average Bonchev–Trinajstić information content (AvgIpc) is 2.87. The van der Waals surface area contributed by atoms with Crippen LogP contribution in [0.2, 0.25) is 0 Å². The van der Waals surface area contributed by atoms with Crippen molar-refractivity contribution in [2.75, 3.05) is 6.54 Å². The first-order valence-electron chi connectivity index (χ1n) is 12.5. The maximum atomic E-state index is 14.3. The van der Waals surface area contributed by atoms with Gasteiger partial charge in [-0.25, -0.2) is 4.39 Å². The number of hydrogen-bond acceptors (Lipinski definition) is 5. The van der Waals surface area contributed by atoms with Gasteiger partial charge in [-0.3, -0.25) is 14.4 Å². The summed E-state index contributed by atoms with van der Waals surface area (Å²) in [7, 11) is 0. The number of benzene rings is 2. The van der Waals surface area contributed by atoms with Crippen LogP contribution in [0.4, 0.5) is 4.39 Å². The Morgan fingerprint density at radius 2 is 1.65 bits per heavy atom. The third-order valence-electron chi connectivity index (χ3n) is 7.26. The smallest absolute Gasteiger partial charge is 0.305 e. The van der Waals surface area contributed by atoms with Crippen molar-refractivity contribution < 1.29 is 28.6 Å². The number of hydrogen-bond donors (Lipinski definition) is 1. The predicted molar refractivity (Wildman–Crippen MR) is 138 cm³/mol. The summed E-state index contributed by atoms with van der Waals surface area (Å²) in [5.74, 6) is -1.49. The minimum absolute atomic E-state index is 0.00152. The summed E-state index contributed by atoms with van der Waals surface area (Å²) in [6, 6.07) is 11.9. The van der Waals surface area contributed by atoms with E-state index in [0.29, 0.717) is 66.5 Å². The fourth-order valence-electron chi connectivity index (χ4n) is 5.65. The largest absolute Gasteiger partial charge is 0.488 e. The number of ketones is 2. The van der Waals surface area contributed by atoms with E-state index in [1.54, 1.807) is 24.3 Å². The number of halogens is 2. The fraction of sp³-hybridized carbons (Fsp3) is 0.345. The molecule has 0 saturated heterocycles. The molecule has 0 bridgehead atoms. The van der Waals surface area contributed by atoms with Gasteiger partial charge in [0.05, 0.1) is 6.42 Å². The minimum atomic E-state index is -0.925. The Morgan fingerprint density at radius 3 is 2.27 bits per heavy atom. The second-order valence-corrected chi connectivity index (χ2v) is 10.5. The van der Waals surface area contributed by atoms with Gasteiger partial charge in [0.15, 0.2) is 11.6 Å². The standard InChI is InChI=1S/C29H27BrFNO5/c30-18-11-12-25(37-16-17-5-1-2-6-20(17)31)19(15-18)27-28-21(7-3-9-23(28)33)32(14-13-26(35)36)22-8-4-10-24(34)29(22)27/h1-2,5-6,11-12,15,27H,3-4,7-10,13-14,16H2,(H,35,36). The van der Waals surface area contributed by atoms with E-state index in [-0.39, 0.29) is 37.0 Å². The second kappa shape index (κ2) is 10.6. The summed E-state index contributed by atoms with van der Waals surface area (Å²) in [5, 5.41) is 9.37. The van der Waals surface area contributed by atoms with Crippen molar-refractivity contribution in [1.29, 1.82) is 0 Å². The van der Waals surface area contributed by atoms with E-state index in [1.807, 2.05) is 17.0 Å². The van der Waals surface area contributed by atoms with Gasteiger partial charge in [0, 0.05) is 63.4 Å². The number of Topliss-reactive ketones (excluding diaryl/α,β-unsaturated/α-hetero) is 2. The third-order valence-corrected chi connectivity index (χ3v) is 7.75. The average molecular weight is 568 g/mol. The van der Waals surface area contributed by atoms with Crippen LogP contribution in [-0.2, 0) is 21.0 Å².